The number of hydrogen-bond donors (Lipinski definition) is 2. The van der Waals surface area contributed by atoms with Crippen molar-refractivity contribution in [2.45, 2.75) is 9.79 Å². The number of halogens is 1. The Morgan fingerprint density at radius 2 is 2.11 bits per heavy atom. The smallest absolute Gasteiger partial charge is 0.285 e. The Hall–Kier alpha value is -1.20. The summed E-state index contributed by atoms with van der Waals surface area (Å²) < 4.78 is 50.2. The van der Waals surface area contributed by atoms with E-state index in [4.69, 9.17) is 11.6 Å². The zero-order valence-electron chi connectivity index (χ0n) is 9.41. The van der Waals surface area contributed by atoms with Gasteiger partial charge in [0.25, 0.3) is 20.0 Å². The van der Waals surface area contributed by atoms with Crippen molar-refractivity contribution < 1.29 is 21.7 Å². The van der Waals surface area contributed by atoms with Crippen LogP contribution in [0.15, 0.2) is 26.3 Å². The summed E-state index contributed by atoms with van der Waals surface area (Å²) in [6.45, 7) is 0. The van der Waals surface area contributed by atoms with E-state index in [0.717, 1.165) is 19.5 Å². The fourth-order valence-corrected chi connectivity index (χ4v) is 3.85. The summed E-state index contributed by atoms with van der Waals surface area (Å²) >= 11 is 5.82. The molecule has 11 heteroatoms. The molecular weight excluding hydrogens is 318 g/mol. The van der Waals surface area contributed by atoms with Crippen LogP contribution in [0.5, 0.6) is 0 Å². The first-order valence-electron chi connectivity index (χ1n) is 4.71. The van der Waals surface area contributed by atoms with Gasteiger partial charge in [0.1, 0.15) is 16.1 Å². The van der Waals surface area contributed by atoms with E-state index in [0.29, 0.717) is 0 Å². The average molecular weight is 326 g/mol. The monoisotopic (exact) mass is 325 g/mol. The lowest BCUT2D eigenvalue weighted by Crippen LogP contribution is -2.23. The number of hydrogen-bond acceptors (Lipinski definition) is 6. The highest BCUT2D eigenvalue weighted by Gasteiger charge is 2.27. The van der Waals surface area contributed by atoms with Gasteiger partial charge in [-0.25, -0.2) is 8.42 Å². The van der Waals surface area contributed by atoms with E-state index in [9.17, 15) is 16.8 Å². The molecule has 0 spiro atoms. The second-order valence-corrected chi connectivity index (χ2v) is 7.04. The number of sulfonamides is 2. The van der Waals surface area contributed by atoms with Crippen LogP contribution in [0.2, 0.25) is 5.02 Å². The molecule has 1 aromatic carbocycles. The van der Waals surface area contributed by atoms with Crippen LogP contribution in [-0.2, 0) is 24.9 Å². The SMILES string of the molecule is CONS(=O)(=O)c1cc2c(cc1Cl)NC=NS2(=O)=O. The summed E-state index contributed by atoms with van der Waals surface area (Å²) in [7, 11) is -6.91. The normalized spacial score (nSPS) is 16.7. The maximum Gasteiger partial charge on any atom is 0.285 e. The van der Waals surface area contributed by atoms with Crippen LogP contribution in [0.1, 0.15) is 0 Å². The molecule has 8 nitrogen and oxygen atoms in total. The Kier molecular flexibility index (Phi) is 3.53. The molecule has 1 aromatic rings. The van der Waals surface area contributed by atoms with Crippen LogP contribution in [-0.4, -0.2) is 30.3 Å². The first kappa shape index (κ1) is 14.2. The number of fused-ring (bicyclic) bond motifs is 1. The van der Waals surface area contributed by atoms with Crippen molar-refractivity contribution in [1.82, 2.24) is 4.89 Å². The lowest BCUT2D eigenvalue weighted by molar-refractivity contribution is 0.153. The lowest BCUT2D eigenvalue weighted by atomic mass is 10.3. The molecule has 1 heterocycles. The minimum Gasteiger partial charge on any atom is -0.344 e. The number of nitrogens with zero attached hydrogens (tertiary/aromatic N) is 1. The Morgan fingerprint density at radius 1 is 1.42 bits per heavy atom. The number of anilines is 1. The summed E-state index contributed by atoms with van der Waals surface area (Å²) in [5.41, 5.74) is 0.149. The van der Waals surface area contributed by atoms with E-state index in [2.05, 4.69) is 14.6 Å². The van der Waals surface area contributed by atoms with Gasteiger partial charge >= 0.3 is 0 Å². The Morgan fingerprint density at radius 3 is 2.74 bits per heavy atom. The molecule has 0 aromatic heterocycles. The van der Waals surface area contributed by atoms with Gasteiger partial charge in [-0.1, -0.05) is 16.5 Å². The van der Waals surface area contributed by atoms with Gasteiger partial charge < -0.3 is 5.32 Å². The third-order valence-corrected chi connectivity index (χ3v) is 5.21. The molecular formula is C8H8ClN3O5S2. The number of nitrogens with one attached hydrogen (secondary N) is 2. The molecule has 0 atom stereocenters. The van der Waals surface area contributed by atoms with Crippen molar-refractivity contribution in [2.75, 3.05) is 12.4 Å². The van der Waals surface area contributed by atoms with Crippen LogP contribution >= 0.6 is 11.6 Å². The quantitative estimate of drug-likeness (QED) is 0.774. The van der Waals surface area contributed by atoms with Crippen LogP contribution in [0.4, 0.5) is 5.69 Å². The highest BCUT2D eigenvalue weighted by Crippen LogP contribution is 2.33. The molecule has 1 aliphatic rings. The van der Waals surface area contributed by atoms with Crippen molar-refractivity contribution >= 4 is 43.7 Å². The molecule has 104 valence electrons. The fraction of sp³-hybridized carbons (Fsp3) is 0.125. The van der Waals surface area contributed by atoms with Crippen molar-refractivity contribution in [3.8, 4) is 0 Å². The minimum absolute atomic E-state index is 0.149. The number of rotatable bonds is 3. The molecule has 1 aliphatic heterocycles. The molecule has 2 N–H and O–H groups in total. The standard InChI is InChI=1S/C8H8ClN3O5S2/c1-17-12-19(15,16)7-3-8-6(2-5(7)9)10-4-11-18(8,13)14/h2-4,12H,1H3,(H,10,11). The van der Waals surface area contributed by atoms with E-state index >= 15 is 0 Å². The van der Waals surface area contributed by atoms with Gasteiger partial charge in [-0.3, -0.25) is 4.84 Å². The van der Waals surface area contributed by atoms with Gasteiger partial charge in [-0.15, -0.1) is 4.40 Å². The van der Waals surface area contributed by atoms with E-state index in [1.165, 1.54) is 6.07 Å². The fourth-order valence-electron chi connectivity index (χ4n) is 1.44. The molecule has 0 saturated carbocycles. The summed E-state index contributed by atoms with van der Waals surface area (Å²) in [4.78, 5) is 5.37. The van der Waals surface area contributed by atoms with Gasteiger partial charge in [0, 0.05) is 0 Å². The van der Waals surface area contributed by atoms with Crippen molar-refractivity contribution in [3.05, 3.63) is 17.2 Å². The summed E-state index contributed by atoms with van der Waals surface area (Å²) in [6, 6.07) is 2.10. The first-order chi connectivity index (χ1) is 8.78. The maximum absolute atomic E-state index is 11.8. The molecule has 0 saturated heterocycles. The van der Waals surface area contributed by atoms with E-state index in [1.54, 1.807) is 4.89 Å². The molecule has 0 bridgehead atoms. The molecule has 0 aliphatic carbocycles. The first-order valence-corrected chi connectivity index (χ1v) is 8.02. The van der Waals surface area contributed by atoms with E-state index in [-0.39, 0.29) is 15.6 Å². The van der Waals surface area contributed by atoms with Crippen molar-refractivity contribution in [2.24, 2.45) is 4.40 Å². The third kappa shape index (κ3) is 2.58. The third-order valence-electron chi connectivity index (χ3n) is 2.21. The zero-order chi connectivity index (χ0) is 14.3. The Labute approximate surface area is 114 Å². The zero-order valence-corrected chi connectivity index (χ0v) is 11.8. The molecule has 0 radical (unpaired) electrons. The van der Waals surface area contributed by atoms with Gasteiger partial charge in [0.2, 0.25) is 0 Å². The van der Waals surface area contributed by atoms with Crippen molar-refractivity contribution in [3.63, 3.8) is 0 Å². The van der Waals surface area contributed by atoms with Crippen LogP contribution in [0, 0.1) is 0 Å². The van der Waals surface area contributed by atoms with E-state index in [1.807, 2.05) is 0 Å². The second kappa shape index (κ2) is 4.72. The topological polar surface area (TPSA) is 114 Å². The molecule has 0 fully saturated rings. The summed E-state index contributed by atoms with van der Waals surface area (Å²) in [5, 5.41) is 2.42. The van der Waals surface area contributed by atoms with Gasteiger partial charge in [-0.2, -0.15) is 8.42 Å². The van der Waals surface area contributed by atoms with Crippen molar-refractivity contribution in [1.29, 1.82) is 0 Å². The largest absolute Gasteiger partial charge is 0.344 e. The van der Waals surface area contributed by atoms with Crippen LogP contribution < -0.4 is 10.2 Å². The lowest BCUT2D eigenvalue weighted by Gasteiger charge is -2.15. The van der Waals surface area contributed by atoms with E-state index < -0.39 is 24.9 Å². The minimum atomic E-state index is -4.07. The highest BCUT2D eigenvalue weighted by atomic mass is 35.5. The Balaban J connectivity index is 2.69. The average Bonchev–Trinajstić information content (AvgIpc) is 2.27. The predicted octanol–water partition coefficient (Wildman–Crippen LogP) is 0.322. The van der Waals surface area contributed by atoms with Crippen LogP contribution in [0.3, 0.4) is 0 Å². The van der Waals surface area contributed by atoms with Gasteiger partial charge in [0.05, 0.1) is 17.8 Å². The molecule has 19 heavy (non-hydrogen) atoms. The maximum atomic E-state index is 11.8. The molecule has 2 rings (SSSR count). The Bertz CT molecular complexity index is 757. The van der Waals surface area contributed by atoms with Crippen LogP contribution in [0.25, 0.3) is 0 Å². The summed E-state index contributed by atoms with van der Waals surface area (Å²) in [5.74, 6) is 0. The highest BCUT2D eigenvalue weighted by molar-refractivity contribution is 7.91. The summed E-state index contributed by atoms with van der Waals surface area (Å²) in [6.07, 6.45) is 0.982. The van der Waals surface area contributed by atoms with Gasteiger partial charge in [-0.05, 0) is 12.1 Å². The second-order valence-electron chi connectivity index (χ2n) is 3.42. The molecule has 0 unspecified atom stereocenters. The molecule has 0 amide bonds. The number of benzene rings is 1. The predicted molar refractivity (Wildman–Crippen MR) is 68.1 cm³/mol. The van der Waals surface area contributed by atoms with Gasteiger partial charge in [0.15, 0.2) is 0 Å².